The van der Waals surface area contributed by atoms with Gasteiger partial charge in [0.25, 0.3) is 0 Å². The summed E-state index contributed by atoms with van der Waals surface area (Å²) in [7, 11) is 0. The zero-order chi connectivity index (χ0) is 21.1. The van der Waals surface area contributed by atoms with Crippen LogP contribution in [0.2, 0.25) is 0 Å². The van der Waals surface area contributed by atoms with Crippen molar-refractivity contribution in [3.63, 3.8) is 0 Å². The highest BCUT2D eigenvalue weighted by atomic mass is 16.2. The third-order valence-corrected chi connectivity index (χ3v) is 7.83. The molecular weight excluding hydrogens is 380 g/mol. The largest absolute Gasteiger partial charge is 0.355 e. The number of likely N-dealkylation sites (N-methyl/N-ethyl adjacent to an activating group) is 1. The number of hydrogen-bond acceptors (Lipinski definition) is 4. The molecule has 1 saturated heterocycles. The monoisotopic (exact) mass is 418 g/mol. The Labute approximate surface area is 180 Å². The molecule has 0 radical (unpaired) electrons. The number of amides is 3. The van der Waals surface area contributed by atoms with Gasteiger partial charge in [-0.15, -0.1) is 0 Å². The van der Waals surface area contributed by atoms with Gasteiger partial charge in [0.05, 0.1) is 6.54 Å². The Morgan fingerprint density at radius 2 is 1.57 bits per heavy atom. The van der Waals surface area contributed by atoms with Crippen LogP contribution in [0.1, 0.15) is 58.3 Å². The van der Waals surface area contributed by atoms with Gasteiger partial charge < -0.3 is 15.5 Å². The molecule has 0 aromatic carbocycles. The van der Waals surface area contributed by atoms with E-state index >= 15 is 0 Å². The van der Waals surface area contributed by atoms with Crippen LogP contribution >= 0.6 is 0 Å². The number of carbonyl (C=O) groups excluding carboxylic acids is 3. The van der Waals surface area contributed by atoms with Gasteiger partial charge in [0.2, 0.25) is 17.7 Å². The maximum absolute atomic E-state index is 13.0. The molecule has 0 aromatic rings. The Morgan fingerprint density at radius 3 is 2.20 bits per heavy atom. The minimum absolute atomic E-state index is 0.0460. The molecule has 2 N–H and O–H groups in total. The van der Waals surface area contributed by atoms with Crippen LogP contribution < -0.4 is 10.6 Å². The van der Waals surface area contributed by atoms with Crippen molar-refractivity contribution >= 4 is 17.7 Å². The standard InChI is InChI=1S/C23H38N4O3/c1-2-24-20(28)16-26-6-3-7-27(9-8-26)21(29)4-5-25-22(30)23-13-17-10-18(14-23)12-19(11-17)15-23/h17-19H,2-16H2,1H3,(H,24,28)(H,25,30). The van der Waals surface area contributed by atoms with E-state index in [1.807, 2.05) is 11.8 Å². The summed E-state index contributed by atoms with van der Waals surface area (Å²) in [4.78, 5) is 41.5. The first-order chi connectivity index (χ1) is 14.5. The Balaban J connectivity index is 1.20. The van der Waals surface area contributed by atoms with Crippen molar-refractivity contribution in [2.24, 2.45) is 23.2 Å². The number of rotatable bonds is 7. The van der Waals surface area contributed by atoms with E-state index in [1.54, 1.807) is 0 Å². The van der Waals surface area contributed by atoms with Gasteiger partial charge in [-0.3, -0.25) is 19.3 Å². The molecule has 0 atom stereocenters. The second kappa shape index (κ2) is 9.25. The van der Waals surface area contributed by atoms with Crippen LogP contribution in [0.3, 0.4) is 0 Å². The van der Waals surface area contributed by atoms with Crippen LogP contribution in [0.15, 0.2) is 0 Å². The fourth-order valence-corrected chi connectivity index (χ4v) is 6.85. The van der Waals surface area contributed by atoms with Crippen LogP contribution in [-0.2, 0) is 14.4 Å². The zero-order valence-corrected chi connectivity index (χ0v) is 18.5. The van der Waals surface area contributed by atoms with Crippen molar-refractivity contribution in [1.29, 1.82) is 0 Å². The predicted octanol–water partition coefficient (Wildman–Crippen LogP) is 1.38. The zero-order valence-electron chi connectivity index (χ0n) is 18.5. The smallest absolute Gasteiger partial charge is 0.234 e. The van der Waals surface area contributed by atoms with Crippen LogP contribution in [0.25, 0.3) is 0 Å². The quantitative estimate of drug-likeness (QED) is 0.655. The minimum atomic E-state index is -0.139. The van der Waals surface area contributed by atoms with Gasteiger partial charge in [-0.25, -0.2) is 0 Å². The summed E-state index contributed by atoms with van der Waals surface area (Å²) in [6.45, 7) is 6.35. The Kier molecular flexibility index (Phi) is 6.66. The molecule has 5 fully saturated rings. The van der Waals surface area contributed by atoms with Gasteiger partial charge in [0.15, 0.2) is 0 Å². The Bertz CT molecular complexity index is 630. The fourth-order valence-electron chi connectivity index (χ4n) is 6.85. The second-order valence-corrected chi connectivity index (χ2v) is 10.2. The predicted molar refractivity (Wildman–Crippen MR) is 115 cm³/mol. The lowest BCUT2D eigenvalue weighted by Gasteiger charge is -2.55. The molecule has 30 heavy (non-hydrogen) atoms. The summed E-state index contributed by atoms with van der Waals surface area (Å²) in [5, 5.41) is 5.96. The lowest BCUT2D eigenvalue weighted by molar-refractivity contribution is -0.146. The number of carbonyl (C=O) groups is 3. The van der Waals surface area contributed by atoms with Gasteiger partial charge >= 0.3 is 0 Å². The molecule has 0 aromatic heterocycles. The maximum atomic E-state index is 13.0. The molecule has 5 rings (SSSR count). The van der Waals surface area contributed by atoms with Crippen LogP contribution in [0, 0.1) is 23.2 Å². The van der Waals surface area contributed by atoms with E-state index in [0.29, 0.717) is 32.6 Å². The Morgan fingerprint density at radius 1 is 0.900 bits per heavy atom. The molecule has 3 amide bonds. The average Bonchev–Trinajstić information content (AvgIpc) is 2.92. The summed E-state index contributed by atoms with van der Waals surface area (Å²) < 4.78 is 0. The summed E-state index contributed by atoms with van der Waals surface area (Å²) in [5.41, 5.74) is -0.139. The summed E-state index contributed by atoms with van der Waals surface area (Å²) in [6, 6.07) is 0. The molecule has 168 valence electrons. The van der Waals surface area contributed by atoms with E-state index in [-0.39, 0.29) is 23.1 Å². The van der Waals surface area contributed by atoms with Gasteiger partial charge in [0, 0.05) is 51.1 Å². The SMILES string of the molecule is CCNC(=O)CN1CCCN(C(=O)CCNC(=O)C23CC4CC(CC(C4)C2)C3)CC1. The Hall–Kier alpha value is -1.63. The molecule has 1 aliphatic heterocycles. The summed E-state index contributed by atoms with van der Waals surface area (Å²) >= 11 is 0. The van der Waals surface area contributed by atoms with Crippen molar-refractivity contribution in [1.82, 2.24) is 20.4 Å². The van der Waals surface area contributed by atoms with Crippen molar-refractivity contribution in [3.05, 3.63) is 0 Å². The van der Waals surface area contributed by atoms with Gasteiger partial charge in [-0.1, -0.05) is 0 Å². The van der Waals surface area contributed by atoms with Crippen molar-refractivity contribution in [2.45, 2.75) is 58.3 Å². The van der Waals surface area contributed by atoms with Crippen molar-refractivity contribution in [3.8, 4) is 0 Å². The molecule has 7 heteroatoms. The van der Waals surface area contributed by atoms with Crippen molar-refractivity contribution in [2.75, 3.05) is 45.8 Å². The molecule has 4 bridgehead atoms. The number of nitrogens with one attached hydrogen (secondary N) is 2. The third kappa shape index (κ3) is 4.82. The number of nitrogens with zero attached hydrogens (tertiary/aromatic N) is 2. The molecular formula is C23H38N4O3. The van der Waals surface area contributed by atoms with Gasteiger partial charge in [0.1, 0.15) is 0 Å². The van der Waals surface area contributed by atoms with E-state index in [2.05, 4.69) is 15.5 Å². The van der Waals surface area contributed by atoms with Crippen molar-refractivity contribution < 1.29 is 14.4 Å². The van der Waals surface area contributed by atoms with Crippen LogP contribution in [0.5, 0.6) is 0 Å². The lowest BCUT2D eigenvalue weighted by atomic mass is 9.49. The van der Waals surface area contributed by atoms with E-state index in [1.165, 1.54) is 19.3 Å². The minimum Gasteiger partial charge on any atom is -0.355 e. The number of hydrogen-bond donors (Lipinski definition) is 2. The normalized spacial score (nSPS) is 33.2. The summed E-state index contributed by atoms with van der Waals surface area (Å²) in [6.07, 6.45) is 8.43. The second-order valence-electron chi connectivity index (χ2n) is 10.2. The highest BCUT2D eigenvalue weighted by Crippen LogP contribution is 2.60. The van der Waals surface area contributed by atoms with Gasteiger partial charge in [-0.05, 0) is 69.6 Å². The average molecular weight is 419 g/mol. The first-order valence-electron chi connectivity index (χ1n) is 12.0. The third-order valence-electron chi connectivity index (χ3n) is 7.83. The van der Waals surface area contributed by atoms with Gasteiger partial charge in [-0.2, -0.15) is 0 Å². The molecule has 4 aliphatic carbocycles. The maximum Gasteiger partial charge on any atom is 0.234 e. The molecule has 1 heterocycles. The first kappa shape index (κ1) is 21.6. The molecule has 0 unspecified atom stereocenters. The molecule has 0 spiro atoms. The molecule has 4 saturated carbocycles. The topological polar surface area (TPSA) is 81.8 Å². The van der Waals surface area contributed by atoms with Crippen LogP contribution in [0.4, 0.5) is 0 Å². The molecule has 5 aliphatic rings. The fraction of sp³-hybridized carbons (Fsp3) is 0.870. The van der Waals surface area contributed by atoms with Crippen LogP contribution in [-0.4, -0.2) is 73.3 Å². The lowest BCUT2D eigenvalue weighted by Crippen LogP contribution is -2.53. The highest BCUT2D eigenvalue weighted by Gasteiger charge is 2.54. The van der Waals surface area contributed by atoms with E-state index in [4.69, 9.17) is 0 Å². The van der Waals surface area contributed by atoms with E-state index in [9.17, 15) is 14.4 Å². The summed E-state index contributed by atoms with van der Waals surface area (Å²) in [5.74, 6) is 2.62. The van der Waals surface area contributed by atoms with E-state index < -0.39 is 0 Å². The molecule has 7 nitrogen and oxygen atoms in total. The first-order valence-corrected chi connectivity index (χ1v) is 12.0. The van der Waals surface area contributed by atoms with E-state index in [0.717, 1.165) is 63.1 Å². The highest BCUT2D eigenvalue weighted by molar-refractivity contribution is 5.84.